The summed E-state index contributed by atoms with van der Waals surface area (Å²) in [5.41, 5.74) is 1.02. The molecule has 0 bridgehead atoms. The van der Waals surface area contributed by atoms with Crippen molar-refractivity contribution in [1.82, 2.24) is 4.90 Å². The Bertz CT molecular complexity index is 270. The first-order chi connectivity index (χ1) is 6.06. The lowest BCUT2D eigenvalue weighted by Crippen LogP contribution is -2.38. The lowest BCUT2D eigenvalue weighted by Gasteiger charge is -2.19. The quantitative estimate of drug-likeness (QED) is 0.562. The topological polar surface area (TPSA) is 46.6 Å². The summed E-state index contributed by atoms with van der Waals surface area (Å²) in [5.74, 6) is -0.490. The molecule has 13 heavy (non-hydrogen) atoms. The highest BCUT2D eigenvalue weighted by Crippen LogP contribution is 2.21. The molecular formula is C9H13NO3. The molecule has 0 spiro atoms. The Kier molecular flexibility index (Phi) is 2.70. The molecule has 1 atom stereocenters. The molecule has 1 amide bonds. The van der Waals surface area contributed by atoms with Gasteiger partial charge in [0.05, 0.1) is 7.11 Å². The summed E-state index contributed by atoms with van der Waals surface area (Å²) in [4.78, 5) is 23.7. The Morgan fingerprint density at radius 1 is 1.62 bits per heavy atom. The van der Waals surface area contributed by atoms with Gasteiger partial charge in [0.15, 0.2) is 0 Å². The average molecular weight is 183 g/mol. The lowest BCUT2D eigenvalue weighted by atomic mass is 10.1. The molecule has 0 aromatic carbocycles. The molecule has 72 valence electrons. The number of esters is 1. The van der Waals surface area contributed by atoms with Crippen molar-refractivity contribution in [3.05, 3.63) is 11.8 Å². The maximum atomic E-state index is 11.2. The van der Waals surface area contributed by atoms with Gasteiger partial charge in [-0.05, 0) is 6.92 Å². The smallest absolute Gasteiger partial charge is 0.329 e. The highest BCUT2D eigenvalue weighted by atomic mass is 16.5. The van der Waals surface area contributed by atoms with E-state index in [1.54, 1.807) is 6.20 Å². The number of amides is 1. The van der Waals surface area contributed by atoms with Gasteiger partial charge in [-0.15, -0.1) is 0 Å². The van der Waals surface area contributed by atoms with Gasteiger partial charge in [0.25, 0.3) is 0 Å². The molecule has 0 radical (unpaired) electrons. The molecule has 1 heterocycles. The number of hydrogen-bond acceptors (Lipinski definition) is 3. The Hall–Kier alpha value is -1.32. The van der Waals surface area contributed by atoms with Gasteiger partial charge >= 0.3 is 5.97 Å². The predicted molar refractivity (Wildman–Crippen MR) is 46.7 cm³/mol. The first-order valence-corrected chi connectivity index (χ1v) is 4.10. The van der Waals surface area contributed by atoms with Gasteiger partial charge in [-0.25, -0.2) is 4.79 Å². The minimum atomic E-state index is -0.456. The molecule has 0 aromatic heterocycles. The van der Waals surface area contributed by atoms with Crippen LogP contribution in [0.3, 0.4) is 0 Å². The maximum absolute atomic E-state index is 11.2. The van der Waals surface area contributed by atoms with Crippen molar-refractivity contribution in [2.75, 3.05) is 7.11 Å². The normalized spacial score (nSPS) is 21.3. The zero-order chi connectivity index (χ0) is 10.0. The summed E-state index contributed by atoms with van der Waals surface area (Å²) in [6, 6.07) is -0.456. The largest absolute Gasteiger partial charge is 0.467 e. The zero-order valence-corrected chi connectivity index (χ0v) is 8.03. The third-order valence-corrected chi connectivity index (χ3v) is 2.05. The van der Waals surface area contributed by atoms with E-state index in [0.29, 0.717) is 6.42 Å². The first kappa shape index (κ1) is 9.77. The van der Waals surface area contributed by atoms with E-state index in [0.717, 1.165) is 5.57 Å². The van der Waals surface area contributed by atoms with Crippen molar-refractivity contribution >= 4 is 11.9 Å². The maximum Gasteiger partial charge on any atom is 0.329 e. The van der Waals surface area contributed by atoms with Crippen LogP contribution in [0.25, 0.3) is 0 Å². The minimum Gasteiger partial charge on any atom is -0.467 e. The van der Waals surface area contributed by atoms with Crippen molar-refractivity contribution in [3.63, 3.8) is 0 Å². The van der Waals surface area contributed by atoms with E-state index < -0.39 is 6.04 Å². The third kappa shape index (κ3) is 1.88. The first-order valence-electron chi connectivity index (χ1n) is 4.10. The molecule has 1 aliphatic rings. The Balaban J connectivity index is 2.79. The second-order valence-corrected chi connectivity index (χ2v) is 3.14. The van der Waals surface area contributed by atoms with E-state index in [1.807, 2.05) is 6.92 Å². The zero-order valence-electron chi connectivity index (χ0n) is 8.03. The van der Waals surface area contributed by atoms with Gasteiger partial charge in [-0.2, -0.15) is 0 Å². The van der Waals surface area contributed by atoms with Crippen molar-refractivity contribution in [2.45, 2.75) is 26.3 Å². The monoisotopic (exact) mass is 183 g/mol. The number of methoxy groups -OCH3 is 1. The van der Waals surface area contributed by atoms with Crippen molar-refractivity contribution < 1.29 is 14.3 Å². The fraction of sp³-hybridized carbons (Fsp3) is 0.556. The van der Waals surface area contributed by atoms with Crippen LogP contribution in [0, 0.1) is 0 Å². The fourth-order valence-corrected chi connectivity index (χ4v) is 1.43. The average Bonchev–Trinajstić information content (AvgIpc) is 2.46. The summed E-state index contributed by atoms with van der Waals surface area (Å²) in [5, 5.41) is 0. The molecule has 0 N–H and O–H groups in total. The van der Waals surface area contributed by atoms with Crippen LogP contribution < -0.4 is 0 Å². The van der Waals surface area contributed by atoms with Crippen LogP contribution in [0.2, 0.25) is 0 Å². The second-order valence-electron chi connectivity index (χ2n) is 3.14. The van der Waals surface area contributed by atoms with Crippen molar-refractivity contribution in [2.24, 2.45) is 0 Å². The molecule has 0 aromatic rings. The number of ether oxygens (including phenoxy) is 1. The summed E-state index contributed by atoms with van der Waals surface area (Å²) in [7, 11) is 1.33. The van der Waals surface area contributed by atoms with Crippen LogP contribution in [-0.2, 0) is 14.3 Å². The Morgan fingerprint density at radius 3 is 2.69 bits per heavy atom. The molecule has 4 heteroatoms. The Morgan fingerprint density at radius 2 is 2.23 bits per heavy atom. The third-order valence-electron chi connectivity index (χ3n) is 2.05. The molecular weight excluding hydrogens is 170 g/mol. The summed E-state index contributed by atoms with van der Waals surface area (Å²) in [6.07, 6.45) is 2.27. The van der Waals surface area contributed by atoms with Crippen molar-refractivity contribution in [1.29, 1.82) is 0 Å². The lowest BCUT2D eigenvalue weighted by molar-refractivity contribution is -0.149. The highest BCUT2D eigenvalue weighted by Gasteiger charge is 2.32. The molecule has 4 nitrogen and oxygen atoms in total. The van der Waals surface area contributed by atoms with Gasteiger partial charge in [0, 0.05) is 19.5 Å². The molecule has 0 saturated heterocycles. The van der Waals surface area contributed by atoms with E-state index in [4.69, 9.17) is 0 Å². The number of carbonyl (C=O) groups is 2. The van der Waals surface area contributed by atoms with E-state index >= 15 is 0 Å². The van der Waals surface area contributed by atoms with Crippen LogP contribution in [-0.4, -0.2) is 29.9 Å². The van der Waals surface area contributed by atoms with E-state index in [2.05, 4.69) is 4.74 Å². The summed E-state index contributed by atoms with van der Waals surface area (Å²) >= 11 is 0. The summed E-state index contributed by atoms with van der Waals surface area (Å²) in [6.45, 7) is 3.32. The molecule has 1 aliphatic heterocycles. The van der Waals surface area contributed by atoms with Gasteiger partial charge in [-0.1, -0.05) is 5.57 Å². The predicted octanol–water partition coefficient (Wildman–Crippen LogP) is 0.684. The van der Waals surface area contributed by atoms with E-state index in [-0.39, 0.29) is 11.9 Å². The summed E-state index contributed by atoms with van der Waals surface area (Å²) < 4.78 is 4.60. The van der Waals surface area contributed by atoms with Crippen LogP contribution in [0.5, 0.6) is 0 Å². The molecule has 0 saturated carbocycles. The van der Waals surface area contributed by atoms with Crippen LogP contribution >= 0.6 is 0 Å². The standard InChI is InChI=1S/C9H13NO3/c1-6-4-8(9(12)13-3)10(5-6)7(2)11/h5,8H,4H2,1-3H3/t8-/m0/s1. The number of hydrogen-bond donors (Lipinski definition) is 0. The Labute approximate surface area is 77.2 Å². The van der Waals surface area contributed by atoms with Gasteiger partial charge < -0.3 is 9.64 Å². The highest BCUT2D eigenvalue weighted by molar-refractivity contribution is 5.85. The van der Waals surface area contributed by atoms with Gasteiger partial charge in [0.2, 0.25) is 5.91 Å². The van der Waals surface area contributed by atoms with Gasteiger partial charge in [0.1, 0.15) is 6.04 Å². The van der Waals surface area contributed by atoms with Gasteiger partial charge in [-0.3, -0.25) is 4.79 Å². The molecule has 0 fully saturated rings. The fourth-order valence-electron chi connectivity index (χ4n) is 1.43. The van der Waals surface area contributed by atoms with Crippen molar-refractivity contribution in [3.8, 4) is 0 Å². The minimum absolute atomic E-state index is 0.132. The number of nitrogens with zero attached hydrogens (tertiary/aromatic N) is 1. The van der Waals surface area contributed by atoms with Crippen LogP contribution in [0.1, 0.15) is 20.3 Å². The molecule has 0 aliphatic carbocycles. The number of carbonyl (C=O) groups excluding carboxylic acids is 2. The molecule has 0 unspecified atom stereocenters. The van der Waals surface area contributed by atoms with Crippen LogP contribution in [0.4, 0.5) is 0 Å². The van der Waals surface area contributed by atoms with Crippen LogP contribution in [0.15, 0.2) is 11.8 Å². The van der Waals surface area contributed by atoms with E-state index in [9.17, 15) is 9.59 Å². The SMILES string of the molecule is COC(=O)[C@@H]1CC(C)=CN1C(C)=O. The van der Waals surface area contributed by atoms with E-state index in [1.165, 1.54) is 18.9 Å². The number of rotatable bonds is 1. The molecule has 1 rings (SSSR count). The second kappa shape index (κ2) is 3.60.